The molecule has 5 nitrogen and oxygen atoms in total. The van der Waals surface area contributed by atoms with Crippen LogP contribution in [0.15, 0.2) is 6.20 Å². The number of carboxylic acid groups (broad SMARTS) is 1. The molecule has 1 aromatic heterocycles. The molecule has 0 aromatic carbocycles. The van der Waals surface area contributed by atoms with Crippen molar-refractivity contribution in [2.24, 2.45) is 0 Å². The summed E-state index contributed by atoms with van der Waals surface area (Å²) in [5.41, 5.74) is 0.499. The highest BCUT2D eigenvalue weighted by Crippen LogP contribution is 2.16. The van der Waals surface area contributed by atoms with E-state index in [-0.39, 0.29) is 17.7 Å². The van der Waals surface area contributed by atoms with Gasteiger partial charge in [0.05, 0.1) is 11.9 Å². The van der Waals surface area contributed by atoms with Gasteiger partial charge in [-0.25, -0.2) is 14.8 Å². The Bertz CT molecular complexity index is 389. The van der Waals surface area contributed by atoms with Crippen LogP contribution in [0.3, 0.4) is 0 Å². The quantitative estimate of drug-likeness (QED) is 0.817. The van der Waals surface area contributed by atoms with E-state index in [4.69, 9.17) is 5.11 Å². The summed E-state index contributed by atoms with van der Waals surface area (Å²) in [5.74, 6) is -0.370. The van der Waals surface area contributed by atoms with Gasteiger partial charge in [-0.1, -0.05) is 13.8 Å². The topological polar surface area (TPSA) is 75.1 Å². The fourth-order valence-electron chi connectivity index (χ4n) is 1.25. The molecule has 0 unspecified atom stereocenters. The molecule has 2 N–H and O–H groups in total. The molecule has 88 valence electrons. The SMILES string of the molecule is CC(C)Nc1cnc(C(C)C)nc1C(=O)O. The van der Waals surface area contributed by atoms with Crippen LogP contribution in [0.25, 0.3) is 0 Å². The normalized spacial score (nSPS) is 10.9. The molecule has 0 aliphatic rings. The predicted molar refractivity (Wildman–Crippen MR) is 61.8 cm³/mol. The van der Waals surface area contributed by atoms with Crippen molar-refractivity contribution >= 4 is 11.7 Å². The van der Waals surface area contributed by atoms with E-state index in [1.165, 1.54) is 6.20 Å². The summed E-state index contributed by atoms with van der Waals surface area (Å²) in [6, 6.07) is 0.145. The van der Waals surface area contributed by atoms with Crippen molar-refractivity contribution in [3.8, 4) is 0 Å². The zero-order valence-electron chi connectivity index (χ0n) is 9.98. The van der Waals surface area contributed by atoms with Gasteiger partial charge in [0, 0.05) is 12.0 Å². The maximum Gasteiger partial charge on any atom is 0.356 e. The van der Waals surface area contributed by atoms with Crippen LogP contribution in [0.5, 0.6) is 0 Å². The molecule has 5 heteroatoms. The third-order valence-corrected chi connectivity index (χ3v) is 1.97. The third-order valence-electron chi connectivity index (χ3n) is 1.97. The van der Waals surface area contributed by atoms with Gasteiger partial charge in [0.2, 0.25) is 0 Å². The van der Waals surface area contributed by atoms with Crippen LogP contribution >= 0.6 is 0 Å². The monoisotopic (exact) mass is 223 g/mol. The Hall–Kier alpha value is -1.65. The van der Waals surface area contributed by atoms with E-state index in [1.807, 2.05) is 27.7 Å². The zero-order valence-corrected chi connectivity index (χ0v) is 9.98. The molecule has 0 radical (unpaired) electrons. The number of nitrogens with zero attached hydrogens (tertiary/aromatic N) is 2. The Labute approximate surface area is 94.9 Å². The highest BCUT2D eigenvalue weighted by Gasteiger charge is 2.15. The van der Waals surface area contributed by atoms with E-state index in [0.29, 0.717) is 11.5 Å². The largest absolute Gasteiger partial charge is 0.476 e. The molecular weight excluding hydrogens is 206 g/mol. The van der Waals surface area contributed by atoms with Crippen LogP contribution in [-0.2, 0) is 0 Å². The molecule has 0 spiro atoms. The Morgan fingerprint density at radius 3 is 2.44 bits per heavy atom. The van der Waals surface area contributed by atoms with Crippen LogP contribution in [0.2, 0.25) is 0 Å². The van der Waals surface area contributed by atoms with Crippen molar-refractivity contribution in [2.45, 2.75) is 39.7 Å². The van der Waals surface area contributed by atoms with Crippen molar-refractivity contribution in [2.75, 3.05) is 5.32 Å². The first-order chi connectivity index (χ1) is 7.41. The van der Waals surface area contributed by atoms with Gasteiger partial charge in [-0.05, 0) is 13.8 Å². The first kappa shape index (κ1) is 12.4. The van der Waals surface area contributed by atoms with Crippen LogP contribution < -0.4 is 5.32 Å². The van der Waals surface area contributed by atoms with Gasteiger partial charge in [-0.15, -0.1) is 0 Å². The van der Waals surface area contributed by atoms with Crippen LogP contribution in [0.1, 0.15) is 49.9 Å². The van der Waals surface area contributed by atoms with Gasteiger partial charge in [0.1, 0.15) is 5.82 Å². The Morgan fingerprint density at radius 2 is 2.00 bits per heavy atom. The molecule has 0 bridgehead atoms. The van der Waals surface area contributed by atoms with Gasteiger partial charge < -0.3 is 10.4 Å². The van der Waals surface area contributed by atoms with E-state index in [1.54, 1.807) is 0 Å². The number of hydrogen-bond donors (Lipinski definition) is 2. The van der Waals surface area contributed by atoms with E-state index in [0.717, 1.165) is 0 Å². The molecular formula is C11H17N3O2. The summed E-state index contributed by atoms with van der Waals surface area (Å²) in [6.45, 7) is 7.72. The Kier molecular flexibility index (Phi) is 3.82. The van der Waals surface area contributed by atoms with Crippen molar-refractivity contribution < 1.29 is 9.90 Å². The fraction of sp³-hybridized carbons (Fsp3) is 0.545. The summed E-state index contributed by atoms with van der Waals surface area (Å²) >= 11 is 0. The maximum atomic E-state index is 11.0. The first-order valence-corrected chi connectivity index (χ1v) is 5.28. The number of aromatic nitrogens is 2. The molecule has 16 heavy (non-hydrogen) atoms. The second-order valence-corrected chi connectivity index (χ2v) is 4.25. The van der Waals surface area contributed by atoms with Crippen molar-refractivity contribution in [1.29, 1.82) is 0 Å². The molecule has 0 aliphatic heterocycles. The summed E-state index contributed by atoms with van der Waals surface area (Å²) < 4.78 is 0. The Morgan fingerprint density at radius 1 is 1.38 bits per heavy atom. The van der Waals surface area contributed by atoms with Gasteiger partial charge in [0.15, 0.2) is 5.69 Å². The minimum atomic E-state index is -1.03. The molecule has 1 rings (SSSR count). The lowest BCUT2D eigenvalue weighted by Crippen LogP contribution is -2.16. The average Bonchev–Trinajstić information content (AvgIpc) is 2.16. The van der Waals surface area contributed by atoms with Crippen molar-refractivity contribution in [3.05, 3.63) is 17.7 Å². The molecule has 0 atom stereocenters. The van der Waals surface area contributed by atoms with Crippen LogP contribution in [-0.4, -0.2) is 27.1 Å². The maximum absolute atomic E-state index is 11.0. The van der Waals surface area contributed by atoms with Crippen molar-refractivity contribution in [3.63, 3.8) is 0 Å². The molecule has 1 aromatic rings. The number of nitrogens with one attached hydrogen (secondary N) is 1. The smallest absolute Gasteiger partial charge is 0.356 e. The molecule has 0 aliphatic carbocycles. The van der Waals surface area contributed by atoms with Gasteiger partial charge in [-0.3, -0.25) is 0 Å². The van der Waals surface area contributed by atoms with Crippen molar-refractivity contribution in [1.82, 2.24) is 9.97 Å². The Balaban J connectivity index is 3.14. The lowest BCUT2D eigenvalue weighted by atomic mass is 10.2. The minimum Gasteiger partial charge on any atom is -0.476 e. The minimum absolute atomic E-state index is 0.0346. The molecule has 0 fully saturated rings. The van der Waals surface area contributed by atoms with E-state index in [9.17, 15) is 4.79 Å². The zero-order chi connectivity index (χ0) is 12.3. The van der Waals surface area contributed by atoms with Gasteiger partial charge >= 0.3 is 5.97 Å². The van der Waals surface area contributed by atoms with Crippen LogP contribution in [0.4, 0.5) is 5.69 Å². The lowest BCUT2D eigenvalue weighted by Gasteiger charge is -2.13. The molecule has 1 heterocycles. The standard InChI is InChI=1S/C11H17N3O2/c1-6(2)10-12-5-8(13-7(3)4)9(14-10)11(15)16/h5-7,13H,1-4H3,(H,15,16). The average molecular weight is 223 g/mol. The summed E-state index contributed by atoms with van der Waals surface area (Å²) in [7, 11) is 0. The van der Waals surface area contributed by atoms with Gasteiger partial charge in [0.25, 0.3) is 0 Å². The first-order valence-electron chi connectivity index (χ1n) is 5.28. The van der Waals surface area contributed by atoms with E-state index >= 15 is 0 Å². The van der Waals surface area contributed by atoms with E-state index < -0.39 is 5.97 Å². The number of rotatable bonds is 4. The number of aromatic carboxylic acids is 1. The molecule has 0 amide bonds. The number of hydrogen-bond acceptors (Lipinski definition) is 4. The summed E-state index contributed by atoms with van der Waals surface area (Å²) in [4.78, 5) is 19.2. The number of carboxylic acids is 1. The molecule has 0 saturated heterocycles. The predicted octanol–water partition coefficient (Wildman–Crippen LogP) is 2.12. The highest BCUT2D eigenvalue weighted by molar-refractivity contribution is 5.91. The second-order valence-electron chi connectivity index (χ2n) is 4.25. The second kappa shape index (κ2) is 4.92. The molecule has 0 saturated carbocycles. The van der Waals surface area contributed by atoms with Crippen LogP contribution in [0, 0.1) is 0 Å². The van der Waals surface area contributed by atoms with Gasteiger partial charge in [-0.2, -0.15) is 0 Å². The number of anilines is 1. The number of carbonyl (C=O) groups is 1. The third kappa shape index (κ3) is 2.92. The summed E-state index contributed by atoms with van der Waals surface area (Å²) in [5, 5.41) is 12.1. The fourth-order valence-corrected chi connectivity index (χ4v) is 1.25. The highest BCUT2D eigenvalue weighted by atomic mass is 16.4. The van der Waals surface area contributed by atoms with E-state index in [2.05, 4.69) is 15.3 Å². The lowest BCUT2D eigenvalue weighted by molar-refractivity contribution is 0.0691. The summed E-state index contributed by atoms with van der Waals surface area (Å²) in [6.07, 6.45) is 1.53.